The van der Waals surface area contributed by atoms with E-state index >= 15 is 0 Å². The third-order valence-electron chi connectivity index (χ3n) is 5.31. The fraction of sp³-hybridized carbons (Fsp3) is 0.611. The molecule has 1 amide bonds. The molecule has 0 unspecified atom stereocenters. The highest BCUT2D eigenvalue weighted by Gasteiger charge is 2.35. The number of amides is 1. The van der Waals surface area contributed by atoms with E-state index in [1.807, 2.05) is 34.4 Å². The molecule has 136 valence electrons. The van der Waals surface area contributed by atoms with Gasteiger partial charge in [-0.05, 0) is 12.8 Å². The van der Waals surface area contributed by atoms with Crippen LogP contribution in [-0.4, -0.2) is 49.3 Å². The number of nitrogens with two attached hydrogens (primary N) is 1. The molecule has 1 aliphatic heterocycles. The van der Waals surface area contributed by atoms with Crippen molar-refractivity contribution >= 4 is 5.91 Å². The Morgan fingerprint density at radius 1 is 1.28 bits per heavy atom. The number of hydrogen-bond acceptors (Lipinski definition) is 4. The molecule has 0 aliphatic carbocycles. The van der Waals surface area contributed by atoms with Gasteiger partial charge in [0.1, 0.15) is 0 Å². The zero-order valence-electron chi connectivity index (χ0n) is 15.6. The van der Waals surface area contributed by atoms with Crippen LogP contribution in [0.1, 0.15) is 42.4 Å². The van der Waals surface area contributed by atoms with Gasteiger partial charge in [0.05, 0.1) is 18.4 Å². The molecule has 25 heavy (non-hydrogen) atoms. The zero-order valence-corrected chi connectivity index (χ0v) is 15.6. The van der Waals surface area contributed by atoms with Crippen LogP contribution in [0.25, 0.3) is 0 Å². The first kappa shape index (κ1) is 17.7. The molecule has 1 saturated heterocycles. The second kappa shape index (κ2) is 7.00. The molecular weight excluding hydrogens is 316 g/mol. The van der Waals surface area contributed by atoms with Crippen molar-refractivity contribution in [2.75, 3.05) is 13.1 Å². The van der Waals surface area contributed by atoms with Crippen LogP contribution < -0.4 is 5.73 Å². The summed E-state index contributed by atoms with van der Waals surface area (Å²) < 4.78 is 3.90. The maximum absolute atomic E-state index is 12.9. The summed E-state index contributed by atoms with van der Waals surface area (Å²) in [5.41, 5.74) is 10.7. The zero-order chi connectivity index (χ0) is 18.1. The fourth-order valence-corrected chi connectivity index (χ4v) is 3.93. The van der Waals surface area contributed by atoms with Gasteiger partial charge >= 0.3 is 0 Å². The summed E-state index contributed by atoms with van der Waals surface area (Å²) >= 11 is 0. The van der Waals surface area contributed by atoms with E-state index in [1.165, 1.54) is 0 Å². The third kappa shape index (κ3) is 3.20. The first-order valence-electron chi connectivity index (χ1n) is 8.99. The Hall–Kier alpha value is -2.15. The van der Waals surface area contributed by atoms with Gasteiger partial charge in [-0.15, -0.1) is 0 Å². The average Bonchev–Trinajstić information content (AvgIpc) is 3.25. The lowest BCUT2D eigenvalue weighted by atomic mass is 10.0. The predicted molar refractivity (Wildman–Crippen MR) is 96.2 cm³/mol. The minimum atomic E-state index is -0.0514. The van der Waals surface area contributed by atoms with E-state index in [2.05, 4.69) is 23.9 Å². The molecule has 2 atom stereocenters. The summed E-state index contributed by atoms with van der Waals surface area (Å²) in [5.74, 6) is 0.277. The van der Waals surface area contributed by atoms with Gasteiger partial charge in [-0.25, -0.2) is 4.98 Å². The van der Waals surface area contributed by atoms with E-state index in [1.54, 1.807) is 6.33 Å². The van der Waals surface area contributed by atoms with Crippen LogP contribution in [0.3, 0.4) is 0 Å². The van der Waals surface area contributed by atoms with Crippen molar-refractivity contribution in [1.29, 1.82) is 0 Å². The summed E-state index contributed by atoms with van der Waals surface area (Å²) in [4.78, 5) is 19.0. The summed E-state index contributed by atoms with van der Waals surface area (Å²) in [5, 5.41) is 4.57. The highest BCUT2D eigenvalue weighted by Crippen LogP contribution is 2.27. The largest absolute Gasteiger partial charge is 0.340 e. The second-order valence-electron chi connectivity index (χ2n) is 6.88. The number of likely N-dealkylation sites (tertiary alicyclic amines) is 1. The molecule has 1 aliphatic rings. The van der Waals surface area contributed by atoms with E-state index in [9.17, 15) is 4.79 Å². The molecule has 0 radical (unpaired) electrons. The Labute approximate surface area is 148 Å². The molecule has 0 saturated carbocycles. The fourth-order valence-electron chi connectivity index (χ4n) is 3.93. The van der Waals surface area contributed by atoms with Crippen LogP contribution in [0.4, 0.5) is 0 Å². The van der Waals surface area contributed by atoms with E-state index in [-0.39, 0.29) is 17.9 Å². The lowest BCUT2D eigenvalue weighted by molar-refractivity contribution is -0.129. The number of imidazole rings is 1. The number of rotatable bonds is 5. The Morgan fingerprint density at radius 2 is 2.04 bits per heavy atom. The van der Waals surface area contributed by atoms with Crippen LogP contribution in [0, 0.1) is 0 Å². The highest BCUT2D eigenvalue weighted by atomic mass is 16.2. The second-order valence-corrected chi connectivity index (χ2v) is 6.88. The van der Waals surface area contributed by atoms with E-state index in [4.69, 9.17) is 5.73 Å². The van der Waals surface area contributed by atoms with E-state index in [0.717, 1.165) is 35.5 Å². The van der Waals surface area contributed by atoms with Crippen molar-refractivity contribution in [3.63, 3.8) is 0 Å². The minimum absolute atomic E-state index is 0.0514. The number of hydrogen-bond donors (Lipinski definition) is 1. The first-order chi connectivity index (χ1) is 12.0. The SMILES string of the molecule is CCc1nn(C)c(CC)c1CC(=O)N1C[C@@H](N)[C@H](c2cncn2C)C1. The Morgan fingerprint density at radius 3 is 2.64 bits per heavy atom. The Kier molecular flexibility index (Phi) is 4.94. The van der Waals surface area contributed by atoms with Crippen molar-refractivity contribution in [2.45, 2.75) is 45.1 Å². The quantitative estimate of drug-likeness (QED) is 0.869. The number of nitrogens with zero attached hydrogens (tertiary/aromatic N) is 5. The molecule has 0 spiro atoms. The maximum atomic E-state index is 12.9. The smallest absolute Gasteiger partial charge is 0.227 e. The topological polar surface area (TPSA) is 82.0 Å². The molecule has 0 aromatic carbocycles. The molecule has 1 fully saturated rings. The first-order valence-corrected chi connectivity index (χ1v) is 8.99. The van der Waals surface area contributed by atoms with Crippen molar-refractivity contribution in [3.05, 3.63) is 35.2 Å². The standard InChI is InChI=1S/C18H28N6O/c1-5-15-12(16(6-2)23(4)21-15)7-18(25)24-9-13(14(19)10-24)17-8-20-11-22(17)3/h8,11,13-14H,5-7,9-10,19H2,1-4H3/t13-,14-/m1/s1. The van der Waals surface area contributed by atoms with Crippen LogP contribution >= 0.6 is 0 Å². The summed E-state index contributed by atoms with van der Waals surface area (Å²) in [7, 11) is 3.92. The lowest BCUT2D eigenvalue weighted by Crippen LogP contribution is -2.33. The van der Waals surface area contributed by atoms with Gasteiger partial charge in [-0.3, -0.25) is 9.48 Å². The number of carbonyl (C=O) groups excluding carboxylic acids is 1. The van der Waals surface area contributed by atoms with Gasteiger partial charge in [-0.2, -0.15) is 5.10 Å². The van der Waals surface area contributed by atoms with Gasteiger partial charge in [0.25, 0.3) is 0 Å². The van der Waals surface area contributed by atoms with Crippen molar-refractivity contribution in [1.82, 2.24) is 24.2 Å². The van der Waals surface area contributed by atoms with Gasteiger partial charge in [-0.1, -0.05) is 13.8 Å². The monoisotopic (exact) mass is 344 g/mol. The Bertz CT molecular complexity index is 762. The minimum Gasteiger partial charge on any atom is -0.340 e. The molecule has 2 aromatic heterocycles. The third-order valence-corrected chi connectivity index (χ3v) is 5.31. The van der Waals surface area contributed by atoms with Crippen LogP contribution in [-0.2, 0) is 38.2 Å². The van der Waals surface area contributed by atoms with E-state index < -0.39 is 0 Å². The molecular formula is C18H28N6O. The molecule has 7 nitrogen and oxygen atoms in total. The molecule has 2 aromatic rings. The molecule has 7 heteroatoms. The normalized spacial score (nSPS) is 20.4. The van der Waals surface area contributed by atoms with Gasteiger partial charge in [0, 0.05) is 62.3 Å². The number of aryl methyl sites for hydroxylation is 3. The molecule has 0 bridgehead atoms. The lowest BCUT2D eigenvalue weighted by Gasteiger charge is -2.17. The number of aromatic nitrogens is 4. The summed E-state index contributed by atoms with van der Waals surface area (Å²) in [6, 6.07) is -0.0514. The van der Waals surface area contributed by atoms with Gasteiger partial charge < -0.3 is 15.2 Å². The predicted octanol–water partition coefficient (Wildman–Crippen LogP) is 0.774. The summed E-state index contributed by atoms with van der Waals surface area (Å²) in [6.45, 7) is 5.44. The highest BCUT2D eigenvalue weighted by molar-refractivity contribution is 5.80. The summed E-state index contributed by atoms with van der Waals surface area (Å²) in [6.07, 6.45) is 5.76. The van der Waals surface area contributed by atoms with Crippen molar-refractivity contribution in [3.8, 4) is 0 Å². The molecule has 2 N–H and O–H groups in total. The molecule has 3 heterocycles. The van der Waals surface area contributed by atoms with Gasteiger partial charge in [0.15, 0.2) is 0 Å². The van der Waals surface area contributed by atoms with Crippen LogP contribution in [0.5, 0.6) is 0 Å². The van der Waals surface area contributed by atoms with Crippen LogP contribution in [0.15, 0.2) is 12.5 Å². The van der Waals surface area contributed by atoms with Crippen molar-refractivity contribution < 1.29 is 4.79 Å². The number of carbonyl (C=O) groups is 1. The average molecular weight is 344 g/mol. The maximum Gasteiger partial charge on any atom is 0.227 e. The van der Waals surface area contributed by atoms with Crippen molar-refractivity contribution in [2.24, 2.45) is 19.8 Å². The molecule has 3 rings (SSSR count). The Balaban J connectivity index is 1.76. The van der Waals surface area contributed by atoms with Crippen LogP contribution in [0.2, 0.25) is 0 Å². The van der Waals surface area contributed by atoms with Gasteiger partial charge in [0.2, 0.25) is 5.91 Å². The van der Waals surface area contributed by atoms with E-state index in [0.29, 0.717) is 19.5 Å².